The Hall–Kier alpha value is -2.22. The Kier molecular flexibility index (Phi) is 6.83. The summed E-state index contributed by atoms with van der Waals surface area (Å²) in [6.07, 6.45) is 2.39. The minimum absolute atomic E-state index is 0.146. The van der Waals surface area contributed by atoms with Crippen LogP contribution in [0.1, 0.15) is 28.8 Å². The van der Waals surface area contributed by atoms with Gasteiger partial charge in [0, 0.05) is 31.7 Å². The molecule has 150 valence electrons. The summed E-state index contributed by atoms with van der Waals surface area (Å²) in [5, 5.41) is 9.36. The predicted molar refractivity (Wildman–Crippen MR) is 108 cm³/mol. The van der Waals surface area contributed by atoms with E-state index in [0.717, 1.165) is 18.4 Å². The van der Waals surface area contributed by atoms with Crippen molar-refractivity contribution in [3.8, 4) is 0 Å². The minimum Gasteiger partial charge on any atom is -0.395 e. The van der Waals surface area contributed by atoms with E-state index in [1.807, 2.05) is 30.3 Å². The van der Waals surface area contributed by atoms with Crippen LogP contribution in [0.4, 0.5) is 0 Å². The van der Waals surface area contributed by atoms with Crippen molar-refractivity contribution >= 4 is 15.9 Å². The highest BCUT2D eigenvalue weighted by Gasteiger charge is 2.28. The minimum atomic E-state index is -3.57. The summed E-state index contributed by atoms with van der Waals surface area (Å²) < 4.78 is 27.0. The van der Waals surface area contributed by atoms with Crippen molar-refractivity contribution in [3.63, 3.8) is 0 Å². The fourth-order valence-electron chi connectivity index (χ4n) is 3.39. The van der Waals surface area contributed by atoms with Gasteiger partial charge in [-0.3, -0.25) is 4.79 Å². The number of nitrogens with zero attached hydrogens (tertiary/aromatic N) is 2. The first-order valence-electron chi connectivity index (χ1n) is 9.56. The monoisotopic (exact) mass is 402 g/mol. The van der Waals surface area contributed by atoms with Gasteiger partial charge in [-0.1, -0.05) is 36.4 Å². The van der Waals surface area contributed by atoms with Crippen LogP contribution in [0.5, 0.6) is 0 Å². The zero-order chi connectivity index (χ0) is 20.0. The molecule has 1 aliphatic rings. The lowest BCUT2D eigenvalue weighted by Gasteiger charge is -2.22. The van der Waals surface area contributed by atoms with Gasteiger partial charge in [-0.15, -0.1) is 0 Å². The third-order valence-corrected chi connectivity index (χ3v) is 6.85. The van der Waals surface area contributed by atoms with E-state index in [1.54, 1.807) is 17.0 Å². The normalized spacial score (nSPS) is 14.9. The summed E-state index contributed by atoms with van der Waals surface area (Å²) in [5.74, 6) is -0.275. The summed E-state index contributed by atoms with van der Waals surface area (Å²) in [6, 6.07) is 16.0. The molecule has 6 nitrogen and oxygen atoms in total. The van der Waals surface area contributed by atoms with E-state index >= 15 is 0 Å². The van der Waals surface area contributed by atoms with Gasteiger partial charge < -0.3 is 10.0 Å². The second kappa shape index (κ2) is 9.32. The van der Waals surface area contributed by atoms with E-state index in [0.29, 0.717) is 31.6 Å². The fourth-order valence-corrected chi connectivity index (χ4v) is 4.96. The van der Waals surface area contributed by atoms with Gasteiger partial charge in [0.1, 0.15) is 0 Å². The van der Waals surface area contributed by atoms with Crippen LogP contribution in [0.15, 0.2) is 59.5 Å². The molecule has 3 rings (SSSR count). The van der Waals surface area contributed by atoms with E-state index in [2.05, 4.69) is 0 Å². The molecular formula is C21H26N2O4S. The Morgan fingerprint density at radius 1 is 1.00 bits per heavy atom. The molecule has 0 spiro atoms. The molecule has 1 heterocycles. The second-order valence-corrected chi connectivity index (χ2v) is 8.83. The van der Waals surface area contributed by atoms with E-state index in [1.165, 1.54) is 16.4 Å². The first-order valence-corrected chi connectivity index (χ1v) is 11.0. The van der Waals surface area contributed by atoms with Crippen molar-refractivity contribution in [2.45, 2.75) is 24.2 Å². The molecule has 1 fully saturated rings. The number of aliphatic hydroxyl groups excluding tert-OH is 1. The third kappa shape index (κ3) is 4.79. The van der Waals surface area contributed by atoms with Crippen molar-refractivity contribution in [2.75, 3.05) is 32.8 Å². The number of benzene rings is 2. The van der Waals surface area contributed by atoms with Crippen LogP contribution in [0.25, 0.3) is 0 Å². The number of amides is 1. The van der Waals surface area contributed by atoms with Gasteiger partial charge in [-0.25, -0.2) is 8.42 Å². The Morgan fingerprint density at radius 3 is 2.39 bits per heavy atom. The van der Waals surface area contributed by atoms with Gasteiger partial charge in [-0.2, -0.15) is 4.31 Å². The summed E-state index contributed by atoms with van der Waals surface area (Å²) in [7, 11) is -3.57. The Morgan fingerprint density at radius 2 is 1.71 bits per heavy atom. The number of hydrogen-bond acceptors (Lipinski definition) is 4. The molecule has 0 atom stereocenters. The molecule has 1 aliphatic heterocycles. The highest BCUT2D eigenvalue weighted by Crippen LogP contribution is 2.22. The predicted octanol–water partition coefficient (Wildman–Crippen LogP) is 2.15. The zero-order valence-corrected chi connectivity index (χ0v) is 16.6. The number of aliphatic hydroxyl groups is 1. The highest BCUT2D eigenvalue weighted by atomic mass is 32.2. The lowest BCUT2D eigenvalue weighted by molar-refractivity contribution is 0.0723. The van der Waals surface area contributed by atoms with Crippen LogP contribution in [0.3, 0.4) is 0 Å². The molecule has 0 radical (unpaired) electrons. The quantitative estimate of drug-likeness (QED) is 0.734. The lowest BCUT2D eigenvalue weighted by atomic mass is 10.1. The fraction of sp³-hybridized carbons (Fsp3) is 0.381. The summed E-state index contributed by atoms with van der Waals surface area (Å²) in [6.45, 7) is 1.55. The molecule has 0 aliphatic carbocycles. The van der Waals surface area contributed by atoms with E-state index in [4.69, 9.17) is 0 Å². The molecule has 28 heavy (non-hydrogen) atoms. The van der Waals surface area contributed by atoms with Crippen LogP contribution in [-0.4, -0.2) is 61.4 Å². The van der Waals surface area contributed by atoms with Gasteiger partial charge in [0.2, 0.25) is 10.0 Å². The number of rotatable bonds is 8. The molecule has 0 aromatic heterocycles. The van der Waals surface area contributed by atoms with Gasteiger partial charge in [-0.05, 0) is 43.0 Å². The number of carbonyl (C=O) groups excluding carboxylic acids is 1. The first-order chi connectivity index (χ1) is 13.5. The molecule has 2 aromatic carbocycles. The van der Waals surface area contributed by atoms with Crippen molar-refractivity contribution in [3.05, 3.63) is 65.7 Å². The summed E-state index contributed by atoms with van der Waals surface area (Å²) in [4.78, 5) is 14.7. The molecule has 1 N–H and O–H groups in total. The van der Waals surface area contributed by atoms with Crippen LogP contribution in [-0.2, 0) is 16.4 Å². The molecule has 0 unspecified atom stereocenters. The summed E-state index contributed by atoms with van der Waals surface area (Å²) in [5.41, 5.74) is 1.42. The van der Waals surface area contributed by atoms with Gasteiger partial charge >= 0.3 is 0 Å². The maximum atomic E-state index is 13.0. The van der Waals surface area contributed by atoms with Crippen LogP contribution in [0, 0.1) is 0 Å². The van der Waals surface area contributed by atoms with Gasteiger partial charge in [0.15, 0.2) is 0 Å². The molecule has 0 bridgehead atoms. The SMILES string of the molecule is O=C(c1cccc(S(=O)(=O)N2CCCC2)c1)N(CCO)CCc1ccccc1. The van der Waals surface area contributed by atoms with Crippen LogP contribution < -0.4 is 0 Å². The van der Waals surface area contributed by atoms with E-state index in [-0.39, 0.29) is 24.0 Å². The van der Waals surface area contributed by atoms with Gasteiger partial charge in [0.25, 0.3) is 5.91 Å². The maximum absolute atomic E-state index is 13.0. The average Bonchev–Trinajstić information content (AvgIpc) is 3.27. The smallest absolute Gasteiger partial charge is 0.253 e. The average molecular weight is 403 g/mol. The summed E-state index contributed by atoms with van der Waals surface area (Å²) >= 11 is 0. The van der Waals surface area contributed by atoms with Gasteiger partial charge in [0.05, 0.1) is 11.5 Å². The van der Waals surface area contributed by atoms with E-state index < -0.39 is 10.0 Å². The number of carbonyl (C=O) groups is 1. The van der Waals surface area contributed by atoms with Crippen LogP contribution in [0.2, 0.25) is 0 Å². The van der Waals surface area contributed by atoms with Crippen molar-refractivity contribution in [2.24, 2.45) is 0 Å². The Balaban J connectivity index is 1.77. The van der Waals surface area contributed by atoms with Crippen molar-refractivity contribution in [1.82, 2.24) is 9.21 Å². The Labute approximate surface area is 166 Å². The van der Waals surface area contributed by atoms with Crippen molar-refractivity contribution < 1.29 is 18.3 Å². The Bertz CT molecular complexity index is 894. The lowest BCUT2D eigenvalue weighted by Crippen LogP contribution is -2.35. The van der Waals surface area contributed by atoms with E-state index in [9.17, 15) is 18.3 Å². The third-order valence-electron chi connectivity index (χ3n) is 4.95. The molecule has 1 amide bonds. The number of hydrogen-bond donors (Lipinski definition) is 1. The largest absolute Gasteiger partial charge is 0.395 e. The molecule has 2 aromatic rings. The highest BCUT2D eigenvalue weighted by molar-refractivity contribution is 7.89. The standard InChI is InChI=1S/C21H26N2O4S/c24-16-15-22(14-11-18-7-2-1-3-8-18)21(25)19-9-6-10-20(17-19)28(26,27)23-12-4-5-13-23/h1-3,6-10,17,24H,4-5,11-16H2. The molecule has 1 saturated heterocycles. The first kappa shape index (κ1) is 20.5. The van der Waals surface area contributed by atoms with Crippen molar-refractivity contribution in [1.29, 1.82) is 0 Å². The maximum Gasteiger partial charge on any atom is 0.253 e. The second-order valence-electron chi connectivity index (χ2n) is 6.89. The molecular weight excluding hydrogens is 376 g/mol. The number of sulfonamides is 1. The molecule has 0 saturated carbocycles. The van der Waals surface area contributed by atoms with Crippen LogP contribution >= 0.6 is 0 Å². The zero-order valence-electron chi connectivity index (χ0n) is 15.8. The topological polar surface area (TPSA) is 77.9 Å². The molecule has 7 heteroatoms.